The zero-order valence-corrected chi connectivity index (χ0v) is 15.7. The maximum atomic E-state index is 2.84. The molecule has 0 bridgehead atoms. The lowest BCUT2D eigenvalue weighted by molar-refractivity contribution is -0.00291. The Kier molecular flexibility index (Phi) is 4.51. The molecule has 0 unspecified atom stereocenters. The summed E-state index contributed by atoms with van der Waals surface area (Å²) in [5, 5.41) is 0. The first kappa shape index (κ1) is 16.4. The smallest absolute Gasteiger partial charge is 0.0232 e. The van der Waals surface area contributed by atoms with Crippen molar-refractivity contribution in [2.24, 2.45) is 17.3 Å². The van der Waals surface area contributed by atoms with Crippen LogP contribution >= 0.6 is 0 Å². The number of nitrogens with zero attached hydrogens (tertiary/aromatic N) is 2. The van der Waals surface area contributed by atoms with E-state index >= 15 is 0 Å². The Balaban J connectivity index is 1.37. The van der Waals surface area contributed by atoms with Gasteiger partial charge in [0, 0.05) is 18.6 Å². The van der Waals surface area contributed by atoms with E-state index in [1.54, 1.807) is 0 Å². The van der Waals surface area contributed by atoms with Gasteiger partial charge in [-0.25, -0.2) is 0 Å². The minimum absolute atomic E-state index is 0.545. The molecule has 0 radical (unpaired) electrons. The standard InChI is InChI=1S/C21H38N2/c1-22(2)21(19-8-3-4-9-19)12-10-20(11-13-21)14-15-23(17-20)16-18-6-5-7-18/h18-19H,3-17H2,1-2H3. The van der Waals surface area contributed by atoms with Gasteiger partial charge in [0.2, 0.25) is 0 Å². The molecule has 0 N–H and O–H groups in total. The van der Waals surface area contributed by atoms with Crippen molar-refractivity contribution >= 4 is 0 Å². The van der Waals surface area contributed by atoms with Crippen molar-refractivity contribution in [3.63, 3.8) is 0 Å². The Bertz CT molecular complexity index is 398. The summed E-state index contributed by atoms with van der Waals surface area (Å²) in [5.74, 6) is 2.04. The number of likely N-dealkylation sites (tertiary alicyclic amines) is 1. The number of hydrogen-bond acceptors (Lipinski definition) is 2. The van der Waals surface area contributed by atoms with E-state index in [0.717, 1.165) is 11.8 Å². The second-order valence-electron chi connectivity index (χ2n) is 9.76. The summed E-state index contributed by atoms with van der Waals surface area (Å²) in [5.41, 5.74) is 1.24. The van der Waals surface area contributed by atoms with Crippen molar-refractivity contribution in [1.29, 1.82) is 0 Å². The molecule has 1 aliphatic heterocycles. The highest BCUT2D eigenvalue weighted by Gasteiger charge is 2.50. The van der Waals surface area contributed by atoms with Gasteiger partial charge in [0.15, 0.2) is 0 Å². The zero-order chi connectivity index (χ0) is 15.9. The highest BCUT2D eigenvalue weighted by Crippen LogP contribution is 2.53. The van der Waals surface area contributed by atoms with E-state index in [4.69, 9.17) is 0 Å². The van der Waals surface area contributed by atoms with Crippen LogP contribution in [-0.4, -0.2) is 49.1 Å². The molecular weight excluding hydrogens is 280 g/mol. The molecule has 4 fully saturated rings. The Morgan fingerprint density at radius 2 is 1.57 bits per heavy atom. The van der Waals surface area contributed by atoms with Crippen molar-refractivity contribution in [2.45, 2.75) is 82.6 Å². The van der Waals surface area contributed by atoms with Gasteiger partial charge in [-0.05, 0) is 95.7 Å². The van der Waals surface area contributed by atoms with Crippen LogP contribution in [0.1, 0.15) is 77.0 Å². The van der Waals surface area contributed by atoms with Crippen molar-refractivity contribution in [1.82, 2.24) is 9.80 Å². The van der Waals surface area contributed by atoms with Gasteiger partial charge in [0.1, 0.15) is 0 Å². The lowest BCUT2D eigenvalue weighted by Gasteiger charge is -2.52. The van der Waals surface area contributed by atoms with Crippen LogP contribution in [0.3, 0.4) is 0 Å². The highest BCUT2D eigenvalue weighted by atomic mass is 15.2. The number of rotatable bonds is 4. The molecule has 1 heterocycles. The second-order valence-corrected chi connectivity index (χ2v) is 9.76. The van der Waals surface area contributed by atoms with Crippen LogP contribution in [0.15, 0.2) is 0 Å². The van der Waals surface area contributed by atoms with Gasteiger partial charge in [0.05, 0.1) is 0 Å². The Hall–Kier alpha value is -0.0800. The van der Waals surface area contributed by atoms with Gasteiger partial charge < -0.3 is 9.80 Å². The normalized spacial score (nSPS) is 40.3. The topological polar surface area (TPSA) is 6.48 Å². The van der Waals surface area contributed by atoms with E-state index in [2.05, 4.69) is 23.9 Å². The first-order valence-electron chi connectivity index (χ1n) is 10.5. The SMILES string of the molecule is CN(C)C1(C2CCCC2)CCC2(CCN(CC3CCC3)C2)CC1. The predicted molar refractivity (Wildman–Crippen MR) is 97.7 cm³/mol. The molecule has 132 valence electrons. The van der Waals surface area contributed by atoms with Crippen molar-refractivity contribution in [3.05, 3.63) is 0 Å². The first-order chi connectivity index (χ1) is 11.1. The molecular formula is C21H38N2. The summed E-state index contributed by atoms with van der Waals surface area (Å²) in [4.78, 5) is 5.47. The van der Waals surface area contributed by atoms with Crippen LogP contribution < -0.4 is 0 Å². The average Bonchev–Trinajstić information content (AvgIpc) is 3.15. The lowest BCUT2D eigenvalue weighted by Crippen LogP contribution is -2.54. The molecule has 1 saturated heterocycles. The monoisotopic (exact) mass is 318 g/mol. The minimum Gasteiger partial charge on any atom is -0.303 e. The molecule has 1 spiro atoms. The summed E-state index contributed by atoms with van der Waals surface area (Å²) in [6.45, 7) is 4.25. The molecule has 4 rings (SSSR count). The van der Waals surface area contributed by atoms with Gasteiger partial charge in [-0.2, -0.15) is 0 Å². The fourth-order valence-corrected chi connectivity index (χ4v) is 6.53. The van der Waals surface area contributed by atoms with Crippen LogP contribution in [-0.2, 0) is 0 Å². The molecule has 2 nitrogen and oxygen atoms in total. The highest BCUT2D eigenvalue weighted by molar-refractivity contribution is 5.05. The van der Waals surface area contributed by atoms with Gasteiger partial charge in [0.25, 0.3) is 0 Å². The van der Waals surface area contributed by atoms with Gasteiger partial charge in [-0.15, -0.1) is 0 Å². The molecule has 2 heteroatoms. The summed E-state index contributed by atoms with van der Waals surface area (Å²) >= 11 is 0. The third-order valence-corrected chi connectivity index (χ3v) is 8.44. The van der Waals surface area contributed by atoms with Crippen molar-refractivity contribution in [2.75, 3.05) is 33.7 Å². The number of hydrogen-bond donors (Lipinski definition) is 0. The third kappa shape index (κ3) is 2.99. The van der Waals surface area contributed by atoms with Crippen molar-refractivity contribution < 1.29 is 0 Å². The van der Waals surface area contributed by atoms with E-state index in [-0.39, 0.29) is 0 Å². The average molecular weight is 319 g/mol. The first-order valence-corrected chi connectivity index (χ1v) is 10.5. The molecule has 4 aliphatic rings. The molecule has 3 aliphatic carbocycles. The van der Waals surface area contributed by atoms with Crippen LogP contribution in [0.5, 0.6) is 0 Å². The Morgan fingerprint density at radius 3 is 2.13 bits per heavy atom. The van der Waals surface area contributed by atoms with E-state index < -0.39 is 0 Å². The maximum absolute atomic E-state index is 2.84. The lowest BCUT2D eigenvalue weighted by atomic mass is 9.62. The maximum Gasteiger partial charge on any atom is 0.0232 e. The van der Waals surface area contributed by atoms with Crippen molar-refractivity contribution in [3.8, 4) is 0 Å². The van der Waals surface area contributed by atoms with Gasteiger partial charge >= 0.3 is 0 Å². The quantitative estimate of drug-likeness (QED) is 0.750. The Morgan fingerprint density at radius 1 is 0.870 bits per heavy atom. The minimum atomic E-state index is 0.545. The summed E-state index contributed by atoms with van der Waals surface area (Å²) in [6.07, 6.45) is 17.9. The third-order valence-electron chi connectivity index (χ3n) is 8.44. The molecule has 0 aromatic rings. The molecule has 3 saturated carbocycles. The van der Waals surface area contributed by atoms with Crippen LogP contribution in [0.4, 0.5) is 0 Å². The summed E-state index contributed by atoms with van der Waals surface area (Å²) < 4.78 is 0. The largest absolute Gasteiger partial charge is 0.303 e. The van der Waals surface area contributed by atoms with E-state index in [0.29, 0.717) is 11.0 Å². The summed E-state index contributed by atoms with van der Waals surface area (Å²) in [6, 6.07) is 0. The second kappa shape index (κ2) is 6.33. The zero-order valence-electron chi connectivity index (χ0n) is 15.7. The van der Waals surface area contributed by atoms with Crippen LogP contribution in [0.25, 0.3) is 0 Å². The van der Waals surface area contributed by atoms with Crippen LogP contribution in [0.2, 0.25) is 0 Å². The molecule has 23 heavy (non-hydrogen) atoms. The molecule has 0 atom stereocenters. The van der Waals surface area contributed by atoms with E-state index in [9.17, 15) is 0 Å². The van der Waals surface area contributed by atoms with Crippen LogP contribution in [0, 0.1) is 17.3 Å². The Labute approximate surface area is 144 Å². The van der Waals surface area contributed by atoms with Gasteiger partial charge in [-0.3, -0.25) is 0 Å². The fraction of sp³-hybridized carbons (Fsp3) is 1.00. The predicted octanol–water partition coefficient (Wildman–Crippen LogP) is 4.54. The fourth-order valence-electron chi connectivity index (χ4n) is 6.53. The van der Waals surface area contributed by atoms with E-state index in [1.165, 1.54) is 96.7 Å². The van der Waals surface area contributed by atoms with Gasteiger partial charge in [-0.1, -0.05) is 19.3 Å². The molecule has 0 aromatic heterocycles. The molecule has 0 amide bonds. The molecule has 0 aromatic carbocycles. The summed E-state index contributed by atoms with van der Waals surface area (Å²) in [7, 11) is 4.74. The van der Waals surface area contributed by atoms with E-state index in [1.807, 2.05) is 0 Å².